The zero-order chi connectivity index (χ0) is 31.2. The molecule has 0 aliphatic carbocycles. The minimum Gasteiger partial charge on any atom is -0.466 e. The van der Waals surface area contributed by atoms with Gasteiger partial charge in [0.1, 0.15) is 17.7 Å². The van der Waals surface area contributed by atoms with Gasteiger partial charge in [-0.3, -0.25) is 14.4 Å². The van der Waals surface area contributed by atoms with Gasteiger partial charge in [0.2, 0.25) is 11.8 Å². The molecule has 2 atom stereocenters. The fourth-order valence-electron chi connectivity index (χ4n) is 4.52. The average Bonchev–Trinajstić information content (AvgIpc) is 2.87. The molecule has 0 bridgehead atoms. The number of esters is 1. The van der Waals surface area contributed by atoms with E-state index in [9.17, 15) is 19.2 Å². The van der Waals surface area contributed by atoms with E-state index in [-0.39, 0.29) is 37.3 Å². The summed E-state index contributed by atoms with van der Waals surface area (Å²) in [5.41, 5.74) is 1.88. The third-order valence-electron chi connectivity index (χ3n) is 6.83. The van der Waals surface area contributed by atoms with Crippen LogP contribution in [-0.4, -0.2) is 60.1 Å². The first-order valence-corrected chi connectivity index (χ1v) is 15.0. The Labute approximate surface area is 247 Å². The molecule has 1 rings (SSSR count). The monoisotopic (exact) mass is 575 g/mol. The lowest BCUT2D eigenvalue weighted by atomic mass is 9.93. The van der Waals surface area contributed by atoms with Crippen LogP contribution in [0.5, 0.6) is 0 Å². The van der Waals surface area contributed by atoms with Gasteiger partial charge in [-0.25, -0.2) is 4.79 Å². The lowest BCUT2D eigenvalue weighted by molar-refractivity contribution is -0.145. The second-order valence-corrected chi connectivity index (χ2v) is 11.9. The molecule has 0 aliphatic heterocycles. The van der Waals surface area contributed by atoms with Crippen LogP contribution >= 0.6 is 0 Å². The Morgan fingerprint density at radius 1 is 0.976 bits per heavy atom. The molecule has 0 saturated carbocycles. The Balaban J connectivity index is 3.49. The van der Waals surface area contributed by atoms with Crippen molar-refractivity contribution in [2.75, 3.05) is 19.7 Å². The van der Waals surface area contributed by atoms with Gasteiger partial charge < -0.3 is 25.0 Å². The topological polar surface area (TPSA) is 114 Å². The van der Waals surface area contributed by atoms with Gasteiger partial charge in [0, 0.05) is 13.1 Å². The molecule has 9 heteroatoms. The van der Waals surface area contributed by atoms with Crippen molar-refractivity contribution in [3.63, 3.8) is 0 Å². The van der Waals surface area contributed by atoms with E-state index in [1.165, 1.54) is 0 Å². The Morgan fingerprint density at radius 2 is 1.63 bits per heavy atom. The lowest BCUT2D eigenvalue weighted by Gasteiger charge is -2.36. The smallest absolute Gasteiger partial charge is 0.408 e. The Bertz CT molecular complexity index is 1000. The van der Waals surface area contributed by atoms with Gasteiger partial charge >= 0.3 is 12.1 Å². The summed E-state index contributed by atoms with van der Waals surface area (Å²) < 4.78 is 10.4. The summed E-state index contributed by atoms with van der Waals surface area (Å²) in [6.07, 6.45) is 4.17. The maximum atomic E-state index is 14.3. The molecule has 2 unspecified atom stereocenters. The molecule has 3 amide bonds. The van der Waals surface area contributed by atoms with Crippen LogP contribution in [0.2, 0.25) is 0 Å². The summed E-state index contributed by atoms with van der Waals surface area (Å²) in [4.78, 5) is 54.4. The molecular formula is C32H53N3O6. The number of hydrogen-bond donors (Lipinski definition) is 2. The first-order chi connectivity index (χ1) is 19.2. The number of rotatable bonds is 16. The lowest BCUT2D eigenvalue weighted by Crippen LogP contribution is -2.55. The van der Waals surface area contributed by atoms with Gasteiger partial charge in [0.25, 0.3) is 0 Å². The molecule has 0 aliphatic rings. The zero-order valence-electron chi connectivity index (χ0n) is 26.7. The van der Waals surface area contributed by atoms with Gasteiger partial charge in [-0.05, 0) is 70.6 Å². The molecule has 1 aromatic rings. The molecule has 0 aromatic heterocycles. The van der Waals surface area contributed by atoms with E-state index in [0.717, 1.165) is 36.8 Å². The van der Waals surface area contributed by atoms with E-state index in [1.807, 2.05) is 45.9 Å². The molecule has 0 radical (unpaired) electrons. The van der Waals surface area contributed by atoms with E-state index in [2.05, 4.69) is 17.6 Å². The van der Waals surface area contributed by atoms with Crippen LogP contribution in [0.15, 0.2) is 18.2 Å². The number of hydrogen-bond acceptors (Lipinski definition) is 6. The highest BCUT2D eigenvalue weighted by atomic mass is 16.6. The predicted molar refractivity (Wildman–Crippen MR) is 161 cm³/mol. The molecule has 0 saturated heterocycles. The molecule has 0 spiro atoms. The van der Waals surface area contributed by atoms with E-state index < -0.39 is 29.7 Å². The van der Waals surface area contributed by atoms with Crippen LogP contribution in [0.4, 0.5) is 4.79 Å². The van der Waals surface area contributed by atoms with Gasteiger partial charge in [-0.1, -0.05) is 64.7 Å². The number of unbranched alkanes of at least 4 members (excludes halogenated alkanes) is 4. The Morgan fingerprint density at radius 3 is 2.22 bits per heavy atom. The van der Waals surface area contributed by atoms with Crippen molar-refractivity contribution in [3.8, 4) is 0 Å². The molecule has 9 nitrogen and oxygen atoms in total. The molecule has 41 heavy (non-hydrogen) atoms. The van der Waals surface area contributed by atoms with Crippen molar-refractivity contribution in [1.82, 2.24) is 15.5 Å². The van der Waals surface area contributed by atoms with Gasteiger partial charge in [-0.2, -0.15) is 0 Å². The number of carbonyl (C=O) groups excluding carboxylic acids is 4. The quantitative estimate of drug-likeness (QED) is 0.191. The molecule has 2 N–H and O–H groups in total. The molecule has 1 aromatic carbocycles. The average molecular weight is 576 g/mol. The number of carbonyl (C=O) groups is 4. The van der Waals surface area contributed by atoms with Crippen LogP contribution in [0.3, 0.4) is 0 Å². The number of nitrogens with one attached hydrogen (secondary N) is 2. The molecule has 0 heterocycles. The normalized spacial score (nSPS) is 12.8. The minimum atomic E-state index is -0.947. The van der Waals surface area contributed by atoms with Crippen molar-refractivity contribution >= 4 is 23.9 Å². The van der Waals surface area contributed by atoms with Gasteiger partial charge in [0.15, 0.2) is 0 Å². The number of ether oxygens (including phenoxy) is 2. The summed E-state index contributed by atoms with van der Waals surface area (Å²) in [5.74, 6) is -1.40. The first kappa shape index (κ1) is 35.9. The van der Waals surface area contributed by atoms with Crippen LogP contribution in [0.25, 0.3) is 0 Å². The molecular weight excluding hydrogens is 522 g/mol. The number of nitrogens with zero attached hydrogens (tertiary/aromatic N) is 1. The van der Waals surface area contributed by atoms with Crippen molar-refractivity contribution in [2.24, 2.45) is 5.92 Å². The van der Waals surface area contributed by atoms with Gasteiger partial charge in [0.05, 0.1) is 13.0 Å². The van der Waals surface area contributed by atoms with E-state index in [0.29, 0.717) is 18.5 Å². The highest BCUT2D eigenvalue weighted by Gasteiger charge is 2.38. The number of aryl methyl sites for hydroxylation is 1. The van der Waals surface area contributed by atoms with Crippen LogP contribution < -0.4 is 10.6 Å². The van der Waals surface area contributed by atoms with Crippen molar-refractivity contribution in [3.05, 3.63) is 34.9 Å². The van der Waals surface area contributed by atoms with Crippen molar-refractivity contribution < 1.29 is 28.7 Å². The summed E-state index contributed by atoms with van der Waals surface area (Å²) in [7, 11) is 0. The summed E-state index contributed by atoms with van der Waals surface area (Å²) in [5, 5.41) is 5.62. The van der Waals surface area contributed by atoms with Gasteiger partial charge in [-0.15, -0.1) is 0 Å². The summed E-state index contributed by atoms with van der Waals surface area (Å²) in [6.45, 7) is 17.5. The maximum Gasteiger partial charge on any atom is 0.408 e. The van der Waals surface area contributed by atoms with Crippen LogP contribution in [0, 0.1) is 19.8 Å². The fourth-order valence-corrected chi connectivity index (χ4v) is 4.52. The highest BCUT2D eigenvalue weighted by molar-refractivity contribution is 5.92. The largest absolute Gasteiger partial charge is 0.466 e. The van der Waals surface area contributed by atoms with Crippen LogP contribution in [0.1, 0.15) is 110 Å². The Kier molecular flexibility index (Phi) is 15.5. The number of alkyl carbamates (subject to hydrolysis) is 1. The zero-order valence-corrected chi connectivity index (χ0v) is 26.7. The number of benzene rings is 1. The number of amides is 3. The summed E-state index contributed by atoms with van der Waals surface area (Å²) in [6, 6.07) is 3.85. The molecule has 232 valence electrons. The first-order valence-electron chi connectivity index (χ1n) is 15.0. The third-order valence-corrected chi connectivity index (χ3v) is 6.83. The summed E-state index contributed by atoms with van der Waals surface area (Å²) >= 11 is 0. The second-order valence-electron chi connectivity index (χ2n) is 11.9. The maximum absolute atomic E-state index is 14.3. The van der Waals surface area contributed by atoms with E-state index >= 15 is 0 Å². The Hall–Kier alpha value is -3.10. The fraction of sp³-hybridized carbons (Fsp3) is 0.688. The van der Waals surface area contributed by atoms with Crippen molar-refractivity contribution in [1.29, 1.82) is 0 Å². The van der Waals surface area contributed by atoms with Crippen LogP contribution in [-0.2, 0) is 23.9 Å². The highest BCUT2D eigenvalue weighted by Crippen LogP contribution is 2.28. The standard InChI is InChI=1S/C32H53N3O6/c1-10-12-13-14-15-21-35(30(38)27(22(3)4)34-31(39)41-32(7,8)9)28(25-18-16-17-23(5)24(25)6)29(37)33-20-19-26(36)40-11-2/h16-18,22,27-28H,10-15,19-21H2,1-9H3,(H,33,37)(H,34,39). The second kappa shape index (κ2) is 17.7. The molecule has 0 fully saturated rings. The van der Waals surface area contributed by atoms with Crippen molar-refractivity contribution in [2.45, 2.75) is 119 Å². The third kappa shape index (κ3) is 12.5. The van der Waals surface area contributed by atoms with E-state index in [1.54, 1.807) is 32.6 Å². The van der Waals surface area contributed by atoms with E-state index in [4.69, 9.17) is 9.47 Å². The SMILES string of the molecule is CCCCCCCN(C(=O)C(NC(=O)OC(C)(C)C)C(C)C)C(C(=O)NCCC(=O)OCC)c1cccc(C)c1C. The predicted octanol–water partition coefficient (Wildman–Crippen LogP) is 5.76. The minimum absolute atomic E-state index is 0.0267.